The van der Waals surface area contributed by atoms with Crippen molar-refractivity contribution in [2.75, 3.05) is 5.32 Å². The fourth-order valence-electron chi connectivity index (χ4n) is 1.34. The zero-order valence-corrected chi connectivity index (χ0v) is 9.80. The van der Waals surface area contributed by atoms with E-state index in [9.17, 15) is 14.4 Å². The fraction of sp³-hybridized carbons (Fsp3) is 0.556. The van der Waals surface area contributed by atoms with E-state index in [1.807, 2.05) is 0 Å². The Bertz CT molecular complexity index is 545. The minimum Gasteiger partial charge on any atom is -0.481 e. The number of carboxylic acids is 1. The van der Waals surface area contributed by atoms with Gasteiger partial charge in [0.2, 0.25) is 5.82 Å². The molecule has 0 spiro atoms. The number of anilines is 1. The molecule has 0 fully saturated rings. The molecule has 0 aliphatic heterocycles. The third-order valence-electron chi connectivity index (χ3n) is 2.18. The summed E-state index contributed by atoms with van der Waals surface area (Å²) < 4.78 is 1.92. The molecule has 0 saturated heterocycles. The van der Waals surface area contributed by atoms with Crippen LogP contribution >= 0.6 is 0 Å². The van der Waals surface area contributed by atoms with Crippen LogP contribution in [-0.4, -0.2) is 31.5 Å². The molecule has 1 aromatic rings. The summed E-state index contributed by atoms with van der Waals surface area (Å²) in [6.45, 7) is 1.61. The van der Waals surface area contributed by atoms with Crippen LogP contribution in [0.4, 0.5) is 5.82 Å². The van der Waals surface area contributed by atoms with E-state index in [4.69, 9.17) is 5.11 Å². The molecule has 1 aromatic heterocycles. The van der Waals surface area contributed by atoms with E-state index in [0.29, 0.717) is 0 Å². The Labute approximate surface area is 96.5 Å². The molecule has 8 nitrogen and oxygen atoms in total. The number of aromatic nitrogens is 3. The first-order chi connectivity index (χ1) is 7.82. The first-order valence-corrected chi connectivity index (χ1v) is 4.95. The van der Waals surface area contributed by atoms with E-state index in [0.717, 1.165) is 9.25 Å². The molecular weight excluding hydrogens is 228 g/mol. The maximum absolute atomic E-state index is 11.6. The number of rotatable bonds is 4. The van der Waals surface area contributed by atoms with Gasteiger partial charge in [-0.3, -0.25) is 14.2 Å². The number of carbonyl (C=O) groups is 1. The number of hydrogen-bond acceptors (Lipinski definition) is 5. The van der Waals surface area contributed by atoms with E-state index >= 15 is 0 Å². The van der Waals surface area contributed by atoms with Crippen molar-refractivity contribution < 1.29 is 9.90 Å². The lowest BCUT2D eigenvalue weighted by Gasteiger charge is -2.12. The smallest absolute Gasteiger partial charge is 0.346 e. The van der Waals surface area contributed by atoms with Gasteiger partial charge in [0.05, 0.1) is 6.42 Å². The second kappa shape index (κ2) is 4.81. The highest BCUT2D eigenvalue weighted by atomic mass is 16.4. The first kappa shape index (κ1) is 12.9. The van der Waals surface area contributed by atoms with Gasteiger partial charge in [-0.15, -0.1) is 5.10 Å². The molecule has 0 aliphatic carbocycles. The van der Waals surface area contributed by atoms with Crippen LogP contribution in [0.25, 0.3) is 0 Å². The molecule has 1 atom stereocenters. The summed E-state index contributed by atoms with van der Waals surface area (Å²) >= 11 is 0. The van der Waals surface area contributed by atoms with E-state index in [1.165, 1.54) is 14.1 Å². The van der Waals surface area contributed by atoms with Crippen LogP contribution in [0.2, 0.25) is 0 Å². The normalized spacial score (nSPS) is 12.2. The summed E-state index contributed by atoms with van der Waals surface area (Å²) in [7, 11) is 2.74. The topological polar surface area (TPSA) is 106 Å². The Morgan fingerprint density at radius 1 is 1.47 bits per heavy atom. The van der Waals surface area contributed by atoms with Crippen LogP contribution in [0, 0.1) is 0 Å². The average molecular weight is 242 g/mol. The fourth-order valence-corrected chi connectivity index (χ4v) is 1.34. The second-order valence-corrected chi connectivity index (χ2v) is 3.76. The van der Waals surface area contributed by atoms with Crippen LogP contribution in [0.5, 0.6) is 0 Å². The molecule has 94 valence electrons. The molecule has 0 radical (unpaired) electrons. The number of hydrogen-bond donors (Lipinski definition) is 2. The second-order valence-electron chi connectivity index (χ2n) is 3.76. The lowest BCUT2D eigenvalue weighted by atomic mass is 10.2. The molecule has 1 rings (SSSR count). The molecule has 0 aromatic carbocycles. The van der Waals surface area contributed by atoms with E-state index in [2.05, 4.69) is 10.4 Å². The first-order valence-electron chi connectivity index (χ1n) is 4.95. The summed E-state index contributed by atoms with van der Waals surface area (Å²) in [5.74, 6) is -1.02. The highest BCUT2D eigenvalue weighted by Gasteiger charge is 2.13. The summed E-state index contributed by atoms with van der Waals surface area (Å²) in [4.78, 5) is 33.5. The molecule has 0 amide bonds. The Hall–Kier alpha value is -2.12. The van der Waals surface area contributed by atoms with E-state index in [1.54, 1.807) is 6.92 Å². The molecule has 0 saturated carbocycles. The minimum atomic E-state index is -0.980. The van der Waals surface area contributed by atoms with Gasteiger partial charge in [-0.25, -0.2) is 9.48 Å². The third-order valence-corrected chi connectivity index (χ3v) is 2.18. The van der Waals surface area contributed by atoms with Crippen molar-refractivity contribution in [3.8, 4) is 0 Å². The maximum Gasteiger partial charge on any atom is 0.346 e. The third kappa shape index (κ3) is 2.92. The molecule has 1 unspecified atom stereocenters. The van der Waals surface area contributed by atoms with Gasteiger partial charge in [0.25, 0.3) is 5.56 Å². The van der Waals surface area contributed by atoms with Crippen LogP contribution in [0.15, 0.2) is 9.59 Å². The number of nitrogens with one attached hydrogen (secondary N) is 1. The van der Waals surface area contributed by atoms with Gasteiger partial charge in [-0.2, -0.15) is 0 Å². The quantitative estimate of drug-likeness (QED) is 0.683. The van der Waals surface area contributed by atoms with Gasteiger partial charge in [0.1, 0.15) is 0 Å². The molecule has 1 heterocycles. The van der Waals surface area contributed by atoms with Gasteiger partial charge in [-0.1, -0.05) is 0 Å². The summed E-state index contributed by atoms with van der Waals surface area (Å²) in [5, 5.41) is 15.0. The van der Waals surface area contributed by atoms with Crippen molar-refractivity contribution in [2.24, 2.45) is 14.1 Å². The summed E-state index contributed by atoms with van der Waals surface area (Å²) in [6, 6.07) is -0.454. The number of aryl methyl sites for hydroxylation is 1. The largest absolute Gasteiger partial charge is 0.481 e. The predicted octanol–water partition coefficient (Wildman–Crippen LogP) is -1.25. The highest BCUT2D eigenvalue weighted by Crippen LogP contribution is 1.98. The lowest BCUT2D eigenvalue weighted by molar-refractivity contribution is -0.137. The minimum absolute atomic E-state index is 0.0386. The molecular formula is C9H14N4O4. The van der Waals surface area contributed by atoms with Crippen LogP contribution < -0.4 is 16.6 Å². The van der Waals surface area contributed by atoms with Crippen LogP contribution in [-0.2, 0) is 18.9 Å². The van der Waals surface area contributed by atoms with Gasteiger partial charge in [-0.05, 0) is 6.92 Å². The number of carboxylic acid groups (broad SMARTS) is 1. The van der Waals surface area contributed by atoms with Gasteiger partial charge in [0.15, 0.2) is 0 Å². The highest BCUT2D eigenvalue weighted by molar-refractivity contribution is 5.68. The van der Waals surface area contributed by atoms with Crippen LogP contribution in [0.1, 0.15) is 13.3 Å². The Morgan fingerprint density at radius 2 is 2.06 bits per heavy atom. The molecule has 0 aliphatic rings. The molecule has 2 N–H and O–H groups in total. The maximum atomic E-state index is 11.6. The SMILES string of the molecule is CC(CC(=O)O)Nc1nn(C)c(=O)n(C)c1=O. The summed E-state index contributed by atoms with van der Waals surface area (Å²) in [6.07, 6.45) is -0.145. The average Bonchev–Trinajstić information content (AvgIpc) is 2.21. The van der Waals surface area contributed by atoms with Gasteiger partial charge >= 0.3 is 11.7 Å². The van der Waals surface area contributed by atoms with Crippen molar-refractivity contribution in [3.05, 3.63) is 20.8 Å². The number of nitrogens with zero attached hydrogens (tertiary/aromatic N) is 3. The zero-order valence-electron chi connectivity index (χ0n) is 9.80. The van der Waals surface area contributed by atoms with E-state index < -0.39 is 23.3 Å². The molecule has 8 heteroatoms. The van der Waals surface area contributed by atoms with E-state index in [-0.39, 0.29) is 12.2 Å². The molecule has 17 heavy (non-hydrogen) atoms. The Morgan fingerprint density at radius 3 is 2.59 bits per heavy atom. The van der Waals surface area contributed by atoms with Crippen molar-refractivity contribution in [2.45, 2.75) is 19.4 Å². The summed E-state index contributed by atoms with van der Waals surface area (Å²) in [5.41, 5.74) is -1.11. The standard InChI is InChI=1S/C9H14N4O4/c1-5(4-6(14)15)10-7-8(16)12(2)9(17)13(3)11-7/h5H,4H2,1-3H3,(H,10,11)(H,14,15). The van der Waals surface area contributed by atoms with Crippen molar-refractivity contribution in [1.82, 2.24) is 14.3 Å². The van der Waals surface area contributed by atoms with Crippen LogP contribution in [0.3, 0.4) is 0 Å². The predicted molar refractivity (Wildman–Crippen MR) is 60.1 cm³/mol. The zero-order chi connectivity index (χ0) is 13.2. The Kier molecular flexibility index (Phi) is 3.66. The Balaban J connectivity index is 3.04. The monoisotopic (exact) mass is 242 g/mol. The molecule has 0 bridgehead atoms. The number of aliphatic carboxylic acids is 1. The van der Waals surface area contributed by atoms with Crippen molar-refractivity contribution in [3.63, 3.8) is 0 Å². The van der Waals surface area contributed by atoms with Gasteiger partial charge < -0.3 is 10.4 Å². The van der Waals surface area contributed by atoms with Gasteiger partial charge in [0, 0.05) is 20.1 Å². The van der Waals surface area contributed by atoms with Crippen molar-refractivity contribution >= 4 is 11.8 Å². The van der Waals surface area contributed by atoms with Crippen molar-refractivity contribution in [1.29, 1.82) is 0 Å². The lowest BCUT2D eigenvalue weighted by Crippen LogP contribution is -2.41.